The van der Waals surface area contributed by atoms with Gasteiger partial charge in [-0.05, 0) is 36.6 Å². The monoisotopic (exact) mass is 305 g/mol. The number of carbonyl (C=O) groups excluding carboxylic acids is 1. The average molecular weight is 305 g/mol. The summed E-state index contributed by atoms with van der Waals surface area (Å²) in [6, 6.07) is 19.6. The van der Waals surface area contributed by atoms with Gasteiger partial charge in [-0.15, -0.1) is 0 Å². The molecule has 1 heterocycles. The van der Waals surface area contributed by atoms with Gasteiger partial charge in [-0.2, -0.15) is 5.10 Å². The third-order valence-corrected chi connectivity index (χ3v) is 3.81. The number of hydrogen-bond acceptors (Lipinski definition) is 2. The second kappa shape index (κ2) is 6.92. The summed E-state index contributed by atoms with van der Waals surface area (Å²) in [5.74, 6) is -0.0748. The maximum Gasteiger partial charge on any atom is 0.248 e. The molecule has 1 atom stereocenters. The van der Waals surface area contributed by atoms with Crippen molar-refractivity contribution >= 4 is 11.6 Å². The zero-order valence-corrected chi connectivity index (χ0v) is 13.0. The third-order valence-electron chi connectivity index (χ3n) is 3.81. The summed E-state index contributed by atoms with van der Waals surface area (Å²) in [6.45, 7) is 1.84. The second-order valence-electron chi connectivity index (χ2n) is 5.47. The molecule has 116 valence electrons. The standard InChI is InChI=1S/C19H19N3O/c1-15(22-13-7-12-20-22)19(23)21-18-11-6-5-10-17(18)14-16-8-3-2-4-9-16/h2-13,15H,14H2,1H3,(H,21,23). The van der Waals surface area contributed by atoms with E-state index in [0.717, 1.165) is 17.7 Å². The number of rotatable bonds is 5. The van der Waals surface area contributed by atoms with Crippen LogP contribution in [0.4, 0.5) is 5.69 Å². The van der Waals surface area contributed by atoms with Gasteiger partial charge >= 0.3 is 0 Å². The summed E-state index contributed by atoms with van der Waals surface area (Å²) in [6.07, 6.45) is 4.25. The van der Waals surface area contributed by atoms with E-state index in [1.807, 2.05) is 55.5 Å². The van der Waals surface area contributed by atoms with Crippen LogP contribution in [-0.4, -0.2) is 15.7 Å². The fourth-order valence-corrected chi connectivity index (χ4v) is 2.48. The first-order valence-corrected chi connectivity index (χ1v) is 7.66. The SMILES string of the molecule is CC(C(=O)Nc1ccccc1Cc1ccccc1)n1cccn1. The van der Waals surface area contributed by atoms with Crippen molar-refractivity contribution in [3.63, 3.8) is 0 Å². The van der Waals surface area contributed by atoms with Crippen molar-refractivity contribution in [3.8, 4) is 0 Å². The molecule has 0 aliphatic rings. The number of aromatic nitrogens is 2. The van der Waals surface area contributed by atoms with Crippen LogP contribution in [0, 0.1) is 0 Å². The molecule has 1 unspecified atom stereocenters. The van der Waals surface area contributed by atoms with Crippen molar-refractivity contribution in [2.75, 3.05) is 5.32 Å². The quantitative estimate of drug-likeness (QED) is 0.781. The Kier molecular flexibility index (Phi) is 4.52. The van der Waals surface area contributed by atoms with Crippen LogP contribution in [0.25, 0.3) is 0 Å². The van der Waals surface area contributed by atoms with Crippen molar-refractivity contribution in [1.82, 2.24) is 9.78 Å². The minimum atomic E-state index is -0.352. The van der Waals surface area contributed by atoms with Gasteiger partial charge in [0.15, 0.2) is 0 Å². The Morgan fingerprint density at radius 3 is 2.57 bits per heavy atom. The third kappa shape index (κ3) is 3.66. The Balaban J connectivity index is 1.76. The zero-order chi connectivity index (χ0) is 16.1. The van der Waals surface area contributed by atoms with Crippen molar-refractivity contribution in [1.29, 1.82) is 0 Å². The number of nitrogens with one attached hydrogen (secondary N) is 1. The Morgan fingerprint density at radius 2 is 1.83 bits per heavy atom. The lowest BCUT2D eigenvalue weighted by Gasteiger charge is -2.15. The number of para-hydroxylation sites is 1. The lowest BCUT2D eigenvalue weighted by molar-refractivity contribution is -0.119. The number of hydrogen-bond donors (Lipinski definition) is 1. The van der Waals surface area contributed by atoms with Gasteiger partial charge in [0.05, 0.1) is 0 Å². The second-order valence-corrected chi connectivity index (χ2v) is 5.47. The minimum absolute atomic E-state index is 0.0748. The molecule has 4 nitrogen and oxygen atoms in total. The molecule has 0 saturated heterocycles. The molecule has 1 N–H and O–H groups in total. The fourth-order valence-electron chi connectivity index (χ4n) is 2.48. The molecule has 1 aromatic heterocycles. The maximum atomic E-state index is 12.4. The Hall–Kier alpha value is -2.88. The summed E-state index contributed by atoms with van der Waals surface area (Å²) >= 11 is 0. The highest BCUT2D eigenvalue weighted by molar-refractivity contribution is 5.94. The molecule has 0 aliphatic heterocycles. The number of carbonyl (C=O) groups is 1. The van der Waals surface area contributed by atoms with E-state index < -0.39 is 0 Å². The van der Waals surface area contributed by atoms with Crippen LogP contribution in [0.1, 0.15) is 24.1 Å². The molecule has 0 fully saturated rings. The number of anilines is 1. The summed E-state index contributed by atoms with van der Waals surface area (Å²) in [5.41, 5.74) is 3.16. The highest BCUT2D eigenvalue weighted by atomic mass is 16.2. The first kappa shape index (κ1) is 15.0. The van der Waals surface area contributed by atoms with Crippen molar-refractivity contribution in [2.45, 2.75) is 19.4 Å². The summed E-state index contributed by atoms with van der Waals surface area (Å²) in [7, 11) is 0. The zero-order valence-electron chi connectivity index (χ0n) is 13.0. The maximum absolute atomic E-state index is 12.4. The summed E-state index contributed by atoms with van der Waals surface area (Å²) in [4.78, 5) is 12.4. The Morgan fingerprint density at radius 1 is 1.09 bits per heavy atom. The van der Waals surface area contributed by atoms with E-state index in [1.165, 1.54) is 5.56 Å². The van der Waals surface area contributed by atoms with E-state index >= 15 is 0 Å². The smallest absolute Gasteiger partial charge is 0.248 e. The van der Waals surface area contributed by atoms with Gasteiger partial charge in [0.25, 0.3) is 0 Å². The number of amides is 1. The van der Waals surface area contributed by atoms with Gasteiger partial charge in [-0.1, -0.05) is 48.5 Å². The van der Waals surface area contributed by atoms with Gasteiger partial charge in [0, 0.05) is 18.1 Å². The number of nitrogens with zero attached hydrogens (tertiary/aromatic N) is 2. The highest BCUT2D eigenvalue weighted by Crippen LogP contribution is 2.20. The van der Waals surface area contributed by atoms with Crippen LogP contribution < -0.4 is 5.32 Å². The normalized spacial score (nSPS) is 11.9. The van der Waals surface area contributed by atoms with Gasteiger partial charge in [-0.3, -0.25) is 9.48 Å². The van der Waals surface area contributed by atoms with E-state index in [-0.39, 0.29) is 11.9 Å². The Labute approximate surface area is 135 Å². The number of benzene rings is 2. The van der Waals surface area contributed by atoms with Crippen LogP contribution >= 0.6 is 0 Å². The largest absolute Gasteiger partial charge is 0.324 e. The lowest BCUT2D eigenvalue weighted by Crippen LogP contribution is -2.24. The van der Waals surface area contributed by atoms with Gasteiger partial charge in [-0.25, -0.2) is 0 Å². The van der Waals surface area contributed by atoms with Crippen molar-refractivity contribution < 1.29 is 4.79 Å². The molecule has 0 aliphatic carbocycles. The van der Waals surface area contributed by atoms with Crippen molar-refractivity contribution in [2.24, 2.45) is 0 Å². The van der Waals surface area contributed by atoms with Crippen LogP contribution in [0.3, 0.4) is 0 Å². The van der Waals surface area contributed by atoms with Gasteiger partial charge in [0.2, 0.25) is 5.91 Å². The van der Waals surface area contributed by atoms with Crippen LogP contribution in [0.2, 0.25) is 0 Å². The van der Waals surface area contributed by atoms with Crippen molar-refractivity contribution in [3.05, 3.63) is 84.2 Å². The molecule has 0 radical (unpaired) electrons. The van der Waals surface area contributed by atoms with Gasteiger partial charge < -0.3 is 5.32 Å². The van der Waals surface area contributed by atoms with E-state index in [2.05, 4.69) is 22.5 Å². The fraction of sp³-hybridized carbons (Fsp3) is 0.158. The molecule has 2 aromatic carbocycles. The van der Waals surface area contributed by atoms with Gasteiger partial charge in [0.1, 0.15) is 6.04 Å². The van der Waals surface area contributed by atoms with E-state index in [1.54, 1.807) is 17.1 Å². The van der Waals surface area contributed by atoms with E-state index in [9.17, 15) is 4.79 Å². The highest BCUT2D eigenvalue weighted by Gasteiger charge is 2.16. The first-order chi connectivity index (χ1) is 11.2. The predicted octanol–water partition coefficient (Wildman–Crippen LogP) is 3.67. The molecule has 4 heteroatoms. The molecular formula is C19H19N3O. The van der Waals surface area contributed by atoms with E-state index in [4.69, 9.17) is 0 Å². The summed E-state index contributed by atoms with van der Waals surface area (Å²) < 4.78 is 1.65. The topological polar surface area (TPSA) is 46.9 Å². The lowest BCUT2D eigenvalue weighted by atomic mass is 10.0. The molecule has 0 saturated carbocycles. The molecule has 3 rings (SSSR count). The van der Waals surface area contributed by atoms with Crippen LogP contribution in [0.15, 0.2) is 73.1 Å². The first-order valence-electron chi connectivity index (χ1n) is 7.66. The molecule has 23 heavy (non-hydrogen) atoms. The molecular weight excluding hydrogens is 286 g/mol. The molecule has 1 amide bonds. The molecule has 0 spiro atoms. The minimum Gasteiger partial charge on any atom is -0.324 e. The predicted molar refractivity (Wildman–Crippen MR) is 91.3 cm³/mol. The Bertz CT molecular complexity index is 766. The molecule has 0 bridgehead atoms. The van der Waals surface area contributed by atoms with Crippen LogP contribution in [-0.2, 0) is 11.2 Å². The average Bonchev–Trinajstić information content (AvgIpc) is 3.11. The summed E-state index contributed by atoms with van der Waals surface area (Å²) in [5, 5.41) is 7.14. The van der Waals surface area contributed by atoms with Crippen LogP contribution in [0.5, 0.6) is 0 Å². The van der Waals surface area contributed by atoms with E-state index in [0.29, 0.717) is 0 Å². The molecule has 3 aromatic rings.